The molecule has 3 nitrogen and oxygen atoms in total. The molecule has 0 saturated heterocycles. The first kappa shape index (κ1) is 13.6. The van der Waals surface area contributed by atoms with Crippen LogP contribution in [0.3, 0.4) is 0 Å². The summed E-state index contributed by atoms with van der Waals surface area (Å²) in [5.41, 5.74) is 0.439. The number of hydrogen-bond acceptors (Lipinski definition) is 4. The third-order valence-electron chi connectivity index (χ3n) is 1.87. The van der Waals surface area contributed by atoms with Crippen LogP contribution < -0.4 is 0 Å². The zero-order chi connectivity index (χ0) is 13.1. The fourth-order valence-corrected chi connectivity index (χ4v) is 2.10. The summed E-state index contributed by atoms with van der Waals surface area (Å²) in [6, 6.07) is 1.87. The zero-order valence-corrected chi connectivity index (χ0v) is 11.3. The summed E-state index contributed by atoms with van der Waals surface area (Å²) < 4.78 is 5.13. The van der Waals surface area contributed by atoms with Gasteiger partial charge in [0.25, 0.3) is 0 Å². The Morgan fingerprint density at radius 1 is 1.41 bits per heavy atom. The minimum Gasteiger partial charge on any atom is -0.457 e. The topological polar surface area (TPSA) is 43.4 Å². The van der Waals surface area contributed by atoms with Crippen molar-refractivity contribution in [1.29, 1.82) is 0 Å². The van der Waals surface area contributed by atoms with E-state index in [0.717, 1.165) is 16.7 Å². The number of hydrogen-bond donors (Lipinski definition) is 0. The number of aryl methyl sites for hydroxylation is 1. The van der Waals surface area contributed by atoms with E-state index in [4.69, 9.17) is 4.74 Å². The fraction of sp³-hybridized carbons (Fsp3) is 0.385. The second-order valence-electron chi connectivity index (χ2n) is 4.68. The van der Waals surface area contributed by atoms with Crippen molar-refractivity contribution >= 4 is 29.7 Å². The van der Waals surface area contributed by atoms with Gasteiger partial charge in [0, 0.05) is 11.0 Å². The minimum absolute atomic E-state index is 0.379. The number of carbonyl (C=O) groups is 2. The van der Waals surface area contributed by atoms with Gasteiger partial charge in [-0.1, -0.05) is 0 Å². The molecule has 0 bridgehead atoms. The van der Waals surface area contributed by atoms with Gasteiger partial charge in [-0.15, -0.1) is 11.3 Å². The second-order valence-corrected chi connectivity index (χ2v) is 5.80. The van der Waals surface area contributed by atoms with Crippen LogP contribution in [0.15, 0.2) is 12.1 Å². The molecule has 1 rings (SSSR count). The lowest BCUT2D eigenvalue weighted by molar-refractivity contribution is -0.148. The molecule has 0 aromatic carbocycles. The number of thiophene rings is 1. The number of ether oxygens (including phenoxy) is 1. The predicted octanol–water partition coefficient (Wildman–Crippen LogP) is 3.22. The van der Waals surface area contributed by atoms with Gasteiger partial charge in [-0.3, -0.25) is 4.79 Å². The lowest BCUT2D eigenvalue weighted by Crippen LogP contribution is -2.22. The van der Waals surface area contributed by atoms with Gasteiger partial charge in [0.1, 0.15) is 5.60 Å². The summed E-state index contributed by atoms with van der Waals surface area (Å²) in [6.45, 7) is 7.32. The Kier molecular flexibility index (Phi) is 4.23. The number of esters is 1. The van der Waals surface area contributed by atoms with E-state index in [1.807, 2.05) is 33.8 Å². The molecule has 0 N–H and O–H groups in total. The van der Waals surface area contributed by atoms with Crippen molar-refractivity contribution in [1.82, 2.24) is 0 Å². The molecule has 0 spiro atoms. The molecule has 0 radical (unpaired) electrons. The maximum atomic E-state index is 11.4. The van der Waals surface area contributed by atoms with Crippen molar-refractivity contribution in [3.05, 3.63) is 27.5 Å². The second kappa shape index (κ2) is 5.27. The summed E-state index contributed by atoms with van der Waals surface area (Å²) in [4.78, 5) is 23.6. The third-order valence-corrected chi connectivity index (χ3v) is 3.00. The normalized spacial score (nSPS) is 11.8. The van der Waals surface area contributed by atoms with Gasteiger partial charge in [0.2, 0.25) is 0 Å². The molecule has 0 unspecified atom stereocenters. The van der Waals surface area contributed by atoms with Crippen LogP contribution in [-0.2, 0) is 9.53 Å². The lowest BCUT2D eigenvalue weighted by atomic mass is 10.2. The lowest BCUT2D eigenvalue weighted by Gasteiger charge is -2.17. The zero-order valence-electron chi connectivity index (χ0n) is 10.4. The molecule has 17 heavy (non-hydrogen) atoms. The molecule has 1 heterocycles. The van der Waals surface area contributed by atoms with E-state index in [0.29, 0.717) is 4.88 Å². The summed E-state index contributed by atoms with van der Waals surface area (Å²) in [5, 5.41) is 0. The van der Waals surface area contributed by atoms with Gasteiger partial charge in [-0.2, -0.15) is 0 Å². The van der Waals surface area contributed by atoms with Gasteiger partial charge in [0.15, 0.2) is 6.29 Å². The molecule has 0 fully saturated rings. The van der Waals surface area contributed by atoms with E-state index >= 15 is 0 Å². The van der Waals surface area contributed by atoms with Crippen LogP contribution in [0.4, 0.5) is 0 Å². The average Bonchev–Trinajstić information content (AvgIpc) is 2.53. The van der Waals surface area contributed by atoms with Crippen molar-refractivity contribution in [3.63, 3.8) is 0 Å². The van der Waals surface area contributed by atoms with Crippen LogP contribution in [0.1, 0.15) is 40.9 Å². The van der Waals surface area contributed by atoms with E-state index in [-0.39, 0.29) is 5.97 Å². The highest BCUT2D eigenvalue weighted by Crippen LogP contribution is 2.21. The van der Waals surface area contributed by atoms with Crippen LogP contribution in [0.25, 0.3) is 6.08 Å². The number of carbonyl (C=O) groups excluding carboxylic acids is 2. The van der Waals surface area contributed by atoms with Crippen molar-refractivity contribution in [2.75, 3.05) is 0 Å². The number of rotatable bonds is 3. The first-order chi connectivity index (χ1) is 7.81. The Labute approximate surface area is 105 Å². The molecule has 0 saturated carbocycles. The minimum atomic E-state index is -0.485. The Bertz CT molecular complexity index is 450. The molecular weight excluding hydrogens is 236 g/mol. The molecule has 4 heteroatoms. The highest BCUT2D eigenvalue weighted by Gasteiger charge is 2.13. The van der Waals surface area contributed by atoms with Gasteiger partial charge in [-0.25, -0.2) is 4.79 Å². The van der Waals surface area contributed by atoms with Crippen LogP contribution >= 0.6 is 11.3 Å². The Hall–Kier alpha value is -1.42. The van der Waals surface area contributed by atoms with Crippen LogP contribution in [-0.4, -0.2) is 17.9 Å². The summed E-state index contributed by atoms with van der Waals surface area (Å²) in [7, 11) is 0. The van der Waals surface area contributed by atoms with Crippen LogP contribution in [0, 0.1) is 6.92 Å². The monoisotopic (exact) mass is 252 g/mol. The Balaban J connectivity index is 2.70. The number of aldehydes is 1. The summed E-state index contributed by atoms with van der Waals surface area (Å²) in [5.74, 6) is -0.379. The van der Waals surface area contributed by atoms with Gasteiger partial charge in [-0.05, 0) is 45.4 Å². The molecule has 0 amide bonds. The van der Waals surface area contributed by atoms with Crippen LogP contribution in [0.5, 0.6) is 0 Å². The van der Waals surface area contributed by atoms with Crippen molar-refractivity contribution in [2.24, 2.45) is 0 Å². The van der Waals surface area contributed by atoms with E-state index < -0.39 is 5.60 Å². The molecule has 0 atom stereocenters. The van der Waals surface area contributed by atoms with E-state index in [1.54, 1.807) is 6.08 Å². The highest BCUT2D eigenvalue weighted by molar-refractivity contribution is 7.14. The van der Waals surface area contributed by atoms with Crippen molar-refractivity contribution in [3.8, 4) is 0 Å². The third kappa shape index (κ3) is 4.53. The largest absolute Gasteiger partial charge is 0.457 e. The molecule has 92 valence electrons. The maximum absolute atomic E-state index is 11.4. The van der Waals surface area contributed by atoms with E-state index in [9.17, 15) is 9.59 Å². The van der Waals surface area contributed by atoms with Crippen LogP contribution in [0.2, 0.25) is 0 Å². The maximum Gasteiger partial charge on any atom is 0.331 e. The highest BCUT2D eigenvalue weighted by atomic mass is 32.1. The molecular formula is C13H16O3S. The van der Waals surface area contributed by atoms with Crippen molar-refractivity contribution in [2.45, 2.75) is 33.3 Å². The predicted molar refractivity (Wildman–Crippen MR) is 69.3 cm³/mol. The molecule has 1 aromatic rings. The Morgan fingerprint density at radius 2 is 2.06 bits per heavy atom. The van der Waals surface area contributed by atoms with Gasteiger partial charge < -0.3 is 4.74 Å². The molecule has 1 aromatic heterocycles. The van der Waals surface area contributed by atoms with E-state index in [1.165, 1.54) is 17.4 Å². The summed E-state index contributed by atoms with van der Waals surface area (Å²) in [6.07, 6.45) is 3.87. The standard InChI is InChI=1S/C13H16O3S/c1-9-7-10(17-11(9)8-14)5-6-12(15)16-13(2,3)4/h5-8H,1-4H3/b6-5+. The molecule has 0 aliphatic heterocycles. The van der Waals surface area contributed by atoms with Gasteiger partial charge in [0.05, 0.1) is 4.88 Å². The Morgan fingerprint density at radius 3 is 2.53 bits per heavy atom. The summed E-state index contributed by atoms with van der Waals surface area (Å²) >= 11 is 1.36. The van der Waals surface area contributed by atoms with Crippen molar-refractivity contribution < 1.29 is 14.3 Å². The SMILES string of the molecule is Cc1cc(/C=C/C(=O)OC(C)(C)C)sc1C=O. The molecule has 0 aliphatic carbocycles. The van der Waals surface area contributed by atoms with Gasteiger partial charge >= 0.3 is 5.97 Å². The first-order valence-corrected chi connectivity index (χ1v) is 6.10. The fourth-order valence-electron chi connectivity index (χ4n) is 1.21. The average molecular weight is 252 g/mol. The first-order valence-electron chi connectivity index (χ1n) is 5.28. The quantitative estimate of drug-likeness (QED) is 0.471. The molecule has 0 aliphatic rings. The van der Waals surface area contributed by atoms with E-state index in [2.05, 4.69) is 0 Å². The smallest absolute Gasteiger partial charge is 0.331 e.